The lowest BCUT2D eigenvalue weighted by atomic mass is 10.2. The normalized spacial score (nSPS) is 10.1. The Labute approximate surface area is 91.7 Å². The van der Waals surface area contributed by atoms with E-state index in [-0.39, 0.29) is 0 Å². The molecule has 0 aliphatic carbocycles. The van der Waals surface area contributed by atoms with E-state index in [0.29, 0.717) is 0 Å². The van der Waals surface area contributed by atoms with Gasteiger partial charge in [-0.3, -0.25) is 0 Å². The van der Waals surface area contributed by atoms with Gasteiger partial charge in [0.1, 0.15) is 18.0 Å². The van der Waals surface area contributed by atoms with Crippen molar-refractivity contribution in [3.05, 3.63) is 11.9 Å². The fourth-order valence-electron chi connectivity index (χ4n) is 1.71. The van der Waals surface area contributed by atoms with Gasteiger partial charge in [0, 0.05) is 26.2 Å². The summed E-state index contributed by atoms with van der Waals surface area (Å²) in [7, 11) is 3.97. The fourth-order valence-corrected chi connectivity index (χ4v) is 1.71. The number of hydrogen-bond acceptors (Lipinski definition) is 4. The van der Waals surface area contributed by atoms with Gasteiger partial charge in [-0.2, -0.15) is 0 Å². The van der Waals surface area contributed by atoms with E-state index in [4.69, 9.17) is 0 Å². The molecule has 0 saturated heterocycles. The minimum Gasteiger partial charge on any atom is -0.373 e. The van der Waals surface area contributed by atoms with E-state index in [0.717, 1.165) is 31.0 Å². The first-order chi connectivity index (χ1) is 7.24. The van der Waals surface area contributed by atoms with Crippen molar-refractivity contribution in [2.24, 2.45) is 0 Å². The largest absolute Gasteiger partial charge is 0.373 e. The Morgan fingerprint density at radius 2 is 2.07 bits per heavy atom. The molecule has 0 aliphatic heterocycles. The highest BCUT2D eigenvalue weighted by atomic mass is 15.2. The molecule has 0 amide bonds. The molecule has 0 spiro atoms. The van der Waals surface area contributed by atoms with Crippen LogP contribution >= 0.6 is 0 Å². The quantitative estimate of drug-likeness (QED) is 0.802. The summed E-state index contributed by atoms with van der Waals surface area (Å²) in [5, 5.41) is 3.11. The third-order valence-electron chi connectivity index (χ3n) is 2.43. The summed E-state index contributed by atoms with van der Waals surface area (Å²) in [6.07, 6.45) is 3.69. The van der Waals surface area contributed by atoms with Crippen LogP contribution < -0.4 is 10.2 Å². The van der Waals surface area contributed by atoms with Gasteiger partial charge in [-0.25, -0.2) is 9.97 Å². The van der Waals surface area contributed by atoms with Gasteiger partial charge in [-0.15, -0.1) is 0 Å². The molecule has 1 heterocycles. The second kappa shape index (κ2) is 5.53. The van der Waals surface area contributed by atoms with Crippen LogP contribution in [0.4, 0.5) is 11.6 Å². The molecule has 0 unspecified atom stereocenters. The molecule has 0 fully saturated rings. The Bertz CT molecular complexity index is 311. The van der Waals surface area contributed by atoms with E-state index in [1.54, 1.807) is 6.33 Å². The summed E-state index contributed by atoms with van der Waals surface area (Å²) in [5.74, 6) is 1.98. The van der Waals surface area contributed by atoms with E-state index in [1.807, 2.05) is 7.05 Å². The summed E-state index contributed by atoms with van der Waals surface area (Å²) in [6.45, 7) is 5.32. The Hall–Kier alpha value is -1.32. The van der Waals surface area contributed by atoms with Gasteiger partial charge in [-0.05, 0) is 12.8 Å². The van der Waals surface area contributed by atoms with E-state index in [2.05, 4.69) is 41.1 Å². The summed E-state index contributed by atoms with van der Waals surface area (Å²) >= 11 is 0. The van der Waals surface area contributed by atoms with Crippen molar-refractivity contribution in [2.75, 3.05) is 30.9 Å². The summed E-state index contributed by atoms with van der Waals surface area (Å²) in [4.78, 5) is 10.8. The van der Waals surface area contributed by atoms with Crippen LogP contribution in [0.1, 0.15) is 25.8 Å². The Balaban J connectivity index is 3.05. The standard InChI is InChI=1S/C11H20N4/c1-5-7-15(4)11-9(6-2)10(12-3)13-8-14-11/h8H,5-7H2,1-4H3,(H,12,13,14). The predicted molar refractivity (Wildman–Crippen MR) is 64.5 cm³/mol. The predicted octanol–water partition coefficient (Wildman–Crippen LogP) is 1.93. The molecule has 0 radical (unpaired) electrons. The van der Waals surface area contributed by atoms with Crippen molar-refractivity contribution in [3.8, 4) is 0 Å². The number of nitrogens with one attached hydrogen (secondary N) is 1. The van der Waals surface area contributed by atoms with Crippen LogP contribution in [0, 0.1) is 0 Å². The average molecular weight is 208 g/mol. The molecule has 1 aromatic rings. The molecule has 0 bridgehead atoms. The lowest BCUT2D eigenvalue weighted by molar-refractivity contribution is 0.824. The molecule has 4 nitrogen and oxygen atoms in total. The van der Waals surface area contributed by atoms with Crippen molar-refractivity contribution >= 4 is 11.6 Å². The summed E-state index contributed by atoms with van der Waals surface area (Å²) < 4.78 is 0. The van der Waals surface area contributed by atoms with E-state index in [1.165, 1.54) is 5.56 Å². The zero-order valence-corrected chi connectivity index (χ0v) is 10.0. The maximum Gasteiger partial charge on any atom is 0.137 e. The summed E-state index contributed by atoms with van der Waals surface area (Å²) in [6, 6.07) is 0. The van der Waals surface area contributed by atoms with Gasteiger partial charge < -0.3 is 10.2 Å². The van der Waals surface area contributed by atoms with Gasteiger partial charge in [0.15, 0.2) is 0 Å². The molecule has 0 atom stereocenters. The molecule has 4 heteroatoms. The van der Waals surface area contributed by atoms with Crippen molar-refractivity contribution in [3.63, 3.8) is 0 Å². The SMILES string of the molecule is CCCN(C)c1ncnc(NC)c1CC. The minimum absolute atomic E-state index is 0.936. The molecule has 0 aromatic carbocycles. The maximum absolute atomic E-state index is 4.35. The van der Waals surface area contributed by atoms with E-state index < -0.39 is 0 Å². The van der Waals surface area contributed by atoms with Crippen LogP contribution in [0.2, 0.25) is 0 Å². The number of hydrogen-bond donors (Lipinski definition) is 1. The highest BCUT2D eigenvalue weighted by molar-refractivity contribution is 5.58. The van der Waals surface area contributed by atoms with Crippen LogP contribution in [-0.2, 0) is 6.42 Å². The second-order valence-electron chi connectivity index (χ2n) is 3.55. The highest BCUT2D eigenvalue weighted by Gasteiger charge is 2.11. The first kappa shape index (κ1) is 11.8. The van der Waals surface area contributed by atoms with E-state index >= 15 is 0 Å². The molecule has 1 rings (SSSR count). The van der Waals surface area contributed by atoms with Gasteiger partial charge in [0.05, 0.1) is 0 Å². The molecular formula is C11H20N4. The van der Waals surface area contributed by atoms with Crippen LogP contribution in [-0.4, -0.2) is 30.6 Å². The number of nitrogens with zero attached hydrogens (tertiary/aromatic N) is 3. The Morgan fingerprint density at radius 1 is 1.33 bits per heavy atom. The molecule has 0 aliphatic rings. The van der Waals surface area contributed by atoms with Crippen molar-refractivity contribution in [1.29, 1.82) is 0 Å². The van der Waals surface area contributed by atoms with Gasteiger partial charge in [-0.1, -0.05) is 13.8 Å². The van der Waals surface area contributed by atoms with Crippen LogP contribution in [0.3, 0.4) is 0 Å². The average Bonchev–Trinajstić information content (AvgIpc) is 2.28. The molecular weight excluding hydrogens is 188 g/mol. The van der Waals surface area contributed by atoms with Gasteiger partial charge in [0.2, 0.25) is 0 Å². The van der Waals surface area contributed by atoms with Crippen molar-refractivity contribution in [2.45, 2.75) is 26.7 Å². The van der Waals surface area contributed by atoms with Crippen molar-refractivity contribution in [1.82, 2.24) is 9.97 Å². The van der Waals surface area contributed by atoms with Crippen LogP contribution in [0.5, 0.6) is 0 Å². The van der Waals surface area contributed by atoms with Crippen LogP contribution in [0.25, 0.3) is 0 Å². The van der Waals surface area contributed by atoms with Gasteiger partial charge >= 0.3 is 0 Å². The highest BCUT2D eigenvalue weighted by Crippen LogP contribution is 2.22. The maximum atomic E-state index is 4.35. The van der Waals surface area contributed by atoms with Crippen LogP contribution in [0.15, 0.2) is 6.33 Å². The molecule has 1 aromatic heterocycles. The third kappa shape index (κ3) is 2.58. The molecule has 15 heavy (non-hydrogen) atoms. The first-order valence-electron chi connectivity index (χ1n) is 5.47. The lowest BCUT2D eigenvalue weighted by Crippen LogP contribution is -2.21. The topological polar surface area (TPSA) is 41.1 Å². The minimum atomic E-state index is 0.936. The molecule has 84 valence electrons. The first-order valence-corrected chi connectivity index (χ1v) is 5.47. The number of anilines is 2. The Morgan fingerprint density at radius 3 is 2.60 bits per heavy atom. The Kier molecular flexibility index (Phi) is 4.34. The summed E-state index contributed by atoms with van der Waals surface area (Å²) in [5.41, 5.74) is 1.19. The van der Waals surface area contributed by atoms with Gasteiger partial charge in [0.25, 0.3) is 0 Å². The molecule has 0 saturated carbocycles. The number of aromatic nitrogens is 2. The van der Waals surface area contributed by atoms with Crippen molar-refractivity contribution < 1.29 is 0 Å². The van der Waals surface area contributed by atoms with E-state index in [9.17, 15) is 0 Å². The lowest BCUT2D eigenvalue weighted by Gasteiger charge is -2.21. The zero-order chi connectivity index (χ0) is 11.3. The second-order valence-corrected chi connectivity index (χ2v) is 3.55. The molecule has 1 N–H and O–H groups in total. The number of rotatable bonds is 5. The monoisotopic (exact) mass is 208 g/mol. The zero-order valence-electron chi connectivity index (χ0n) is 10.0. The smallest absolute Gasteiger partial charge is 0.137 e. The fraction of sp³-hybridized carbons (Fsp3) is 0.636. The third-order valence-corrected chi connectivity index (χ3v) is 2.43.